The Morgan fingerprint density at radius 1 is 1.00 bits per heavy atom. The fourth-order valence-electron chi connectivity index (χ4n) is 2.33. The van der Waals surface area contributed by atoms with Crippen LogP contribution in [-0.4, -0.2) is 76.2 Å². The van der Waals surface area contributed by atoms with Gasteiger partial charge in [-0.15, -0.1) is 0 Å². The van der Waals surface area contributed by atoms with Crippen molar-refractivity contribution in [1.82, 2.24) is 13.9 Å². The average Bonchev–Trinajstić information content (AvgIpc) is 2.48. The predicted octanol–water partition coefficient (Wildman–Crippen LogP) is -1.19. The van der Waals surface area contributed by atoms with Crippen LogP contribution in [0.1, 0.15) is 20.3 Å². The lowest BCUT2D eigenvalue weighted by molar-refractivity contribution is -0.136. The van der Waals surface area contributed by atoms with E-state index in [1.54, 1.807) is 0 Å². The zero-order valence-corrected chi connectivity index (χ0v) is 14.4. The van der Waals surface area contributed by atoms with Crippen LogP contribution in [-0.2, 0) is 24.8 Å². The second-order valence-electron chi connectivity index (χ2n) is 5.81. The molecule has 1 saturated heterocycles. The van der Waals surface area contributed by atoms with Gasteiger partial charge in [0.15, 0.2) is 0 Å². The molecule has 0 aliphatic carbocycles. The van der Waals surface area contributed by atoms with Crippen molar-refractivity contribution in [3.8, 4) is 0 Å². The predicted molar refractivity (Wildman–Crippen MR) is 79.7 cm³/mol. The van der Waals surface area contributed by atoms with Gasteiger partial charge in [0.05, 0.1) is 12.5 Å². The molecular weight excluding hydrogens is 318 g/mol. The molecule has 0 atom stereocenters. The summed E-state index contributed by atoms with van der Waals surface area (Å²) < 4.78 is 49.3. The third kappa shape index (κ3) is 5.53. The molecule has 1 fully saturated rings. The number of rotatable bonds is 4. The summed E-state index contributed by atoms with van der Waals surface area (Å²) in [5, 5.41) is 0. The van der Waals surface area contributed by atoms with Crippen molar-refractivity contribution in [2.24, 2.45) is 0 Å². The maximum Gasteiger partial charge on any atom is 0.243 e. The number of sulfonamides is 2. The van der Waals surface area contributed by atoms with Crippen molar-refractivity contribution < 1.29 is 21.6 Å². The molecular formula is C11H23N3O5S2. The van der Waals surface area contributed by atoms with Crippen molar-refractivity contribution in [2.75, 3.05) is 38.7 Å². The van der Waals surface area contributed by atoms with Gasteiger partial charge in [0.1, 0.15) is 5.54 Å². The van der Waals surface area contributed by atoms with E-state index in [-0.39, 0.29) is 19.0 Å². The van der Waals surface area contributed by atoms with Crippen LogP contribution in [0.25, 0.3) is 0 Å². The number of amides is 1. The van der Waals surface area contributed by atoms with Gasteiger partial charge in [0.25, 0.3) is 0 Å². The van der Waals surface area contributed by atoms with Gasteiger partial charge in [0, 0.05) is 26.2 Å². The molecule has 1 N–H and O–H groups in total. The molecule has 8 nitrogen and oxygen atoms in total. The van der Waals surface area contributed by atoms with Crippen LogP contribution in [0.4, 0.5) is 0 Å². The van der Waals surface area contributed by atoms with Gasteiger partial charge in [0.2, 0.25) is 26.0 Å². The van der Waals surface area contributed by atoms with E-state index in [4.69, 9.17) is 0 Å². The molecule has 10 heteroatoms. The lowest BCUT2D eigenvalue weighted by Gasteiger charge is -2.31. The molecule has 1 rings (SSSR count). The summed E-state index contributed by atoms with van der Waals surface area (Å²) in [6, 6.07) is 0. The Morgan fingerprint density at radius 3 is 2.05 bits per heavy atom. The first-order chi connectivity index (χ1) is 9.33. The summed E-state index contributed by atoms with van der Waals surface area (Å²) >= 11 is 0. The minimum Gasteiger partial charge on any atom is -0.340 e. The smallest absolute Gasteiger partial charge is 0.243 e. The third-order valence-electron chi connectivity index (χ3n) is 3.19. The summed E-state index contributed by atoms with van der Waals surface area (Å²) in [5.41, 5.74) is -1.26. The van der Waals surface area contributed by atoms with Crippen LogP contribution in [0, 0.1) is 0 Å². The fourth-order valence-corrected chi connectivity index (χ4v) is 4.22. The molecule has 0 radical (unpaired) electrons. The Balaban J connectivity index is 2.80. The number of nitrogens with one attached hydrogen (secondary N) is 1. The standard InChI is InChI=1S/C11H23N3O5S2/c1-11(2,12-20(3,16)17)10(15)13-6-5-7-14(9-8-13)21(4,18)19/h12H,5-9H2,1-4H3. The van der Waals surface area contributed by atoms with Crippen LogP contribution in [0.3, 0.4) is 0 Å². The third-order valence-corrected chi connectivity index (χ3v) is 5.37. The topological polar surface area (TPSA) is 104 Å². The van der Waals surface area contributed by atoms with E-state index >= 15 is 0 Å². The molecule has 0 unspecified atom stereocenters. The number of carbonyl (C=O) groups is 1. The van der Waals surface area contributed by atoms with Crippen LogP contribution in [0.5, 0.6) is 0 Å². The van der Waals surface area contributed by atoms with Gasteiger partial charge in [-0.2, -0.15) is 0 Å². The number of hydrogen-bond donors (Lipinski definition) is 1. The lowest BCUT2D eigenvalue weighted by atomic mass is 10.1. The zero-order valence-electron chi connectivity index (χ0n) is 12.8. The monoisotopic (exact) mass is 341 g/mol. The van der Waals surface area contributed by atoms with Crippen molar-refractivity contribution in [1.29, 1.82) is 0 Å². The van der Waals surface area contributed by atoms with Gasteiger partial charge < -0.3 is 4.90 Å². The second-order valence-corrected chi connectivity index (χ2v) is 9.54. The fraction of sp³-hybridized carbons (Fsp3) is 0.909. The molecule has 0 aromatic heterocycles. The highest BCUT2D eigenvalue weighted by atomic mass is 32.2. The summed E-state index contributed by atoms with van der Waals surface area (Å²) in [4.78, 5) is 13.9. The van der Waals surface area contributed by atoms with Crippen molar-refractivity contribution >= 4 is 26.0 Å². The normalized spacial score (nSPS) is 19.3. The lowest BCUT2D eigenvalue weighted by Crippen LogP contribution is -2.56. The average molecular weight is 341 g/mol. The molecule has 1 amide bonds. The minimum atomic E-state index is -3.51. The van der Waals surface area contributed by atoms with E-state index in [0.717, 1.165) is 12.5 Å². The molecule has 1 aliphatic rings. The Bertz CT molecular complexity index is 597. The molecule has 0 bridgehead atoms. The first kappa shape index (κ1) is 18.3. The summed E-state index contributed by atoms with van der Waals surface area (Å²) in [5.74, 6) is -0.358. The van der Waals surface area contributed by atoms with Crippen molar-refractivity contribution in [2.45, 2.75) is 25.8 Å². The van der Waals surface area contributed by atoms with E-state index in [1.165, 1.54) is 23.1 Å². The summed E-state index contributed by atoms with van der Waals surface area (Å²) in [7, 11) is -6.79. The van der Waals surface area contributed by atoms with E-state index in [9.17, 15) is 21.6 Å². The molecule has 0 saturated carbocycles. The Kier molecular flexibility index (Phi) is 5.40. The summed E-state index contributed by atoms with van der Waals surface area (Å²) in [6.45, 7) is 4.23. The zero-order chi connectivity index (χ0) is 16.5. The highest BCUT2D eigenvalue weighted by molar-refractivity contribution is 7.88. The molecule has 0 aromatic rings. The highest BCUT2D eigenvalue weighted by Crippen LogP contribution is 2.13. The van der Waals surface area contributed by atoms with Crippen LogP contribution in [0.15, 0.2) is 0 Å². The maximum atomic E-state index is 12.4. The van der Waals surface area contributed by atoms with Crippen molar-refractivity contribution in [3.05, 3.63) is 0 Å². The van der Waals surface area contributed by atoms with Crippen molar-refractivity contribution in [3.63, 3.8) is 0 Å². The van der Waals surface area contributed by atoms with Gasteiger partial charge in [-0.3, -0.25) is 4.79 Å². The molecule has 1 aliphatic heterocycles. The van der Waals surface area contributed by atoms with Crippen LogP contribution >= 0.6 is 0 Å². The van der Waals surface area contributed by atoms with E-state index in [2.05, 4.69) is 4.72 Å². The molecule has 1 heterocycles. The number of carbonyl (C=O) groups excluding carboxylic acids is 1. The SMILES string of the molecule is CC(C)(NS(C)(=O)=O)C(=O)N1CCCN(S(C)(=O)=O)CC1. The van der Waals surface area contributed by atoms with E-state index < -0.39 is 25.6 Å². The minimum absolute atomic E-state index is 0.222. The highest BCUT2D eigenvalue weighted by Gasteiger charge is 2.35. The Morgan fingerprint density at radius 2 is 1.57 bits per heavy atom. The van der Waals surface area contributed by atoms with Gasteiger partial charge in [-0.1, -0.05) is 0 Å². The van der Waals surface area contributed by atoms with E-state index in [1.807, 2.05) is 0 Å². The van der Waals surface area contributed by atoms with Gasteiger partial charge in [-0.25, -0.2) is 25.9 Å². The largest absolute Gasteiger partial charge is 0.340 e. The first-order valence-electron chi connectivity index (χ1n) is 6.56. The molecule has 21 heavy (non-hydrogen) atoms. The Hall–Kier alpha value is -0.710. The first-order valence-corrected chi connectivity index (χ1v) is 10.3. The molecule has 0 aromatic carbocycles. The second kappa shape index (κ2) is 6.19. The Labute approximate surface area is 126 Å². The van der Waals surface area contributed by atoms with Gasteiger partial charge >= 0.3 is 0 Å². The number of hydrogen-bond acceptors (Lipinski definition) is 5. The van der Waals surface area contributed by atoms with Gasteiger partial charge in [-0.05, 0) is 20.3 Å². The maximum absolute atomic E-state index is 12.4. The van der Waals surface area contributed by atoms with Crippen LogP contribution in [0.2, 0.25) is 0 Å². The molecule has 0 spiro atoms. The van der Waals surface area contributed by atoms with Crippen LogP contribution < -0.4 is 4.72 Å². The summed E-state index contributed by atoms with van der Waals surface area (Å²) in [6.07, 6.45) is 2.66. The number of nitrogens with zero attached hydrogens (tertiary/aromatic N) is 2. The van der Waals surface area contributed by atoms with E-state index in [0.29, 0.717) is 19.5 Å². The molecule has 124 valence electrons. The quantitative estimate of drug-likeness (QED) is 0.692.